The number of hydrogen-bond acceptors (Lipinski definition) is 5. The standard InChI is InChI=1S/C23H19N3O2S2/c1-2-28-14-13-26-18-12-11-15-7-3-4-8-16(15)20(18)30-23(26)25-21(27)22-24-17-9-5-6-10-19(17)29-22/h3-12H,2,13-14H2,1H3. The van der Waals surface area contributed by atoms with E-state index < -0.39 is 0 Å². The number of para-hydroxylation sites is 1. The van der Waals surface area contributed by atoms with Gasteiger partial charge in [0.25, 0.3) is 0 Å². The molecule has 7 heteroatoms. The minimum atomic E-state index is -0.308. The van der Waals surface area contributed by atoms with E-state index in [1.807, 2.05) is 43.3 Å². The van der Waals surface area contributed by atoms with Crippen molar-refractivity contribution in [2.24, 2.45) is 4.99 Å². The van der Waals surface area contributed by atoms with Crippen LogP contribution in [0.15, 0.2) is 65.7 Å². The van der Waals surface area contributed by atoms with Crippen LogP contribution in [0.1, 0.15) is 16.7 Å². The molecule has 0 saturated heterocycles. The maximum absolute atomic E-state index is 12.9. The molecule has 3 aromatic carbocycles. The average molecular weight is 434 g/mol. The van der Waals surface area contributed by atoms with Gasteiger partial charge < -0.3 is 9.30 Å². The molecule has 5 rings (SSSR count). The van der Waals surface area contributed by atoms with E-state index >= 15 is 0 Å². The summed E-state index contributed by atoms with van der Waals surface area (Å²) in [5.74, 6) is -0.308. The predicted molar refractivity (Wildman–Crippen MR) is 123 cm³/mol. The van der Waals surface area contributed by atoms with Gasteiger partial charge in [-0.3, -0.25) is 4.79 Å². The van der Waals surface area contributed by atoms with Gasteiger partial charge in [-0.05, 0) is 30.5 Å². The second-order valence-electron chi connectivity index (χ2n) is 6.77. The molecule has 0 radical (unpaired) electrons. The third kappa shape index (κ3) is 3.45. The summed E-state index contributed by atoms with van der Waals surface area (Å²) in [5.41, 5.74) is 1.89. The van der Waals surface area contributed by atoms with Crippen LogP contribution in [0, 0.1) is 0 Å². The van der Waals surface area contributed by atoms with E-state index in [1.165, 1.54) is 33.4 Å². The van der Waals surface area contributed by atoms with Crippen molar-refractivity contribution in [3.63, 3.8) is 0 Å². The smallest absolute Gasteiger partial charge is 0.308 e. The lowest BCUT2D eigenvalue weighted by Gasteiger charge is -2.06. The van der Waals surface area contributed by atoms with Crippen LogP contribution in [-0.4, -0.2) is 28.7 Å². The van der Waals surface area contributed by atoms with E-state index in [9.17, 15) is 4.79 Å². The van der Waals surface area contributed by atoms with Gasteiger partial charge in [-0.2, -0.15) is 4.99 Å². The third-order valence-electron chi connectivity index (χ3n) is 4.91. The maximum atomic E-state index is 12.9. The fourth-order valence-corrected chi connectivity index (χ4v) is 5.54. The zero-order valence-electron chi connectivity index (χ0n) is 16.4. The Kier molecular flexibility index (Phi) is 5.16. The molecule has 0 fully saturated rings. The first kappa shape index (κ1) is 19.1. The number of fused-ring (bicyclic) bond motifs is 4. The molecule has 0 bridgehead atoms. The van der Waals surface area contributed by atoms with E-state index in [4.69, 9.17) is 4.74 Å². The molecule has 30 heavy (non-hydrogen) atoms. The monoisotopic (exact) mass is 433 g/mol. The molecule has 0 atom stereocenters. The van der Waals surface area contributed by atoms with Crippen LogP contribution in [0.5, 0.6) is 0 Å². The SMILES string of the molecule is CCOCCn1c(=NC(=O)c2nc3ccccc3s2)sc2c3ccccc3ccc21. The van der Waals surface area contributed by atoms with Crippen LogP contribution in [0.4, 0.5) is 0 Å². The number of rotatable bonds is 5. The molecule has 5 aromatic rings. The normalized spacial score (nSPS) is 12.4. The van der Waals surface area contributed by atoms with Crippen LogP contribution in [0.2, 0.25) is 0 Å². The molecule has 0 aliphatic heterocycles. The summed E-state index contributed by atoms with van der Waals surface area (Å²) in [6.45, 7) is 3.84. The Hall–Kier alpha value is -2.87. The quantitative estimate of drug-likeness (QED) is 0.356. The fourth-order valence-electron chi connectivity index (χ4n) is 3.50. The molecule has 2 heterocycles. The minimum absolute atomic E-state index is 0.308. The van der Waals surface area contributed by atoms with E-state index in [-0.39, 0.29) is 5.91 Å². The molecule has 2 aromatic heterocycles. The number of ether oxygens (including phenoxy) is 1. The van der Waals surface area contributed by atoms with Gasteiger partial charge in [0.2, 0.25) is 0 Å². The lowest BCUT2D eigenvalue weighted by Crippen LogP contribution is -2.19. The molecule has 5 nitrogen and oxygen atoms in total. The van der Waals surface area contributed by atoms with Crippen molar-refractivity contribution in [1.82, 2.24) is 9.55 Å². The molecule has 150 valence electrons. The van der Waals surface area contributed by atoms with Crippen LogP contribution in [0.3, 0.4) is 0 Å². The van der Waals surface area contributed by atoms with E-state index in [2.05, 4.69) is 38.8 Å². The summed E-state index contributed by atoms with van der Waals surface area (Å²) in [6, 6.07) is 20.2. The van der Waals surface area contributed by atoms with Gasteiger partial charge >= 0.3 is 5.91 Å². The lowest BCUT2D eigenvalue weighted by molar-refractivity contribution is 0.0996. The number of benzene rings is 3. The van der Waals surface area contributed by atoms with Gasteiger partial charge in [-0.25, -0.2) is 4.98 Å². The van der Waals surface area contributed by atoms with Crippen molar-refractivity contribution in [2.45, 2.75) is 13.5 Å². The largest absolute Gasteiger partial charge is 0.380 e. The molecule has 0 aliphatic carbocycles. The fraction of sp³-hybridized carbons (Fsp3) is 0.174. The van der Waals surface area contributed by atoms with Gasteiger partial charge in [-0.1, -0.05) is 53.8 Å². The summed E-state index contributed by atoms with van der Waals surface area (Å²) in [6.07, 6.45) is 0. The van der Waals surface area contributed by atoms with Crippen LogP contribution in [0.25, 0.3) is 31.2 Å². The Balaban J connectivity index is 1.66. The highest BCUT2D eigenvalue weighted by atomic mass is 32.1. The Morgan fingerprint density at radius 3 is 2.77 bits per heavy atom. The molecule has 1 amide bonds. The Bertz CT molecular complexity index is 1410. The molecule has 0 aliphatic rings. The Labute approximate surface area is 180 Å². The molecule has 0 spiro atoms. The average Bonchev–Trinajstić information content (AvgIpc) is 3.36. The van der Waals surface area contributed by atoms with E-state index in [1.54, 1.807) is 0 Å². The summed E-state index contributed by atoms with van der Waals surface area (Å²) in [5, 5.41) is 2.75. The first-order valence-corrected chi connectivity index (χ1v) is 11.4. The summed E-state index contributed by atoms with van der Waals surface area (Å²) < 4.78 is 9.77. The zero-order valence-corrected chi connectivity index (χ0v) is 18.0. The highest BCUT2D eigenvalue weighted by molar-refractivity contribution is 7.20. The van der Waals surface area contributed by atoms with Crippen molar-refractivity contribution in [1.29, 1.82) is 0 Å². The van der Waals surface area contributed by atoms with Crippen molar-refractivity contribution >= 4 is 59.8 Å². The van der Waals surface area contributed by atoms with Crippen LogP contribution in [-0.2, 0) is 11.3 Å². The van der Waals surface area contributed by atoms with Gasteiger partial charge in [0.05, 0.1) is 27.0 Å². The highest BCUT2D eigenvalue weighted by Gasteiger charge is 2.14. The number of aromatic nitrogens is 2. The number of thiazole rings is 2. The number of amides is 1. The van der Waals surface area contributed by atoms with Gasteiger partial charge in [0.1, 0.15) is 0 Å². The van der Waals surface area contributed by atoms with Crippen molar-refractivity contribution in [3.05, 3.63) is 70.5 Å². The van der Waals surface area contributed by atoms with Gasteiger partial charge in [0, 0.05) is 18.5 Å². The van der Waals surface area contributed by atoms with E-state index in [0.29, 0.717) is 29.6 Å². The Morgan fingerprint density at radius 2 is 1.90 bits per heavy atom. The molecule has 0 saturated carbocycles. The molecule has 0 N–H and O–H groups in total. The second-order valence-corrected chi connectivity index (χ2v) is 8.78. The predicted octanol–water partition coefficient (Wildman–Crippen LogP) is 5.24. The maximum Gasteiger partial charge on any atom is 0.308 e. The molecular weight excluding hydrogens is 414 g/mol. The summed E-state index contributed by atoms with van der Waals surface area (Å²) in [4.78, 5) is 22.6. The van der Waals surface area contributed by atoms with Crippen molar-refractivity contribution < 1.29 is 9.53 Å². The van der Waals surface area contributed by atoms with Gasteiger partial charge in [-0.15, -0.1) is 11.3 Å². The number of hydrogen-bond donors (Lipinski definition) is 0. The van der Waals surface area contributed by atoms with Crippen molar-refractivity contribution in [2.75, 3.05) is 13.2 Å². The number of carbonyl (C=O) groups is 1. The first-order chi connectivity index (χ1) is 14.7. The van der Waals surface area contributed by atoms with Crippen LogP contribution < -0.4 is 4.80 Å². The number of carbonyl (C=O) groups excluding carboxylic acids is 1. The van der Waals surface area contributed by atoms with Crippen LogP contribution >= 0.6 is 22.7 Å². The highest BCUT2D eigenvalue weighted by Crippen LogP contribution is 2.28. The molecular formula is C23H19N3O2S2. The first-order valence-electron chi connectivity index (χ1n) is 9.78. The lowest BCUT2D eigenvalue weighted by atomic mass is 10.1. The van der Waals surface area contributed by atoms with Crippen molar-refractivity contribution in [3.8, 4) is 0 Å². The Morgan fingerprint density at radius 1 is 1.07 bits per heavy atom. The zero-order chi connectivity index (χ0) is 20.5. The van der Waals surface area contributed by atoms with E-state index in [0.717, 1.165) is 20.4 Å². The third-order valence-corrected chi connectivity index (χ3v) is 7.06. The minimum Gasteiger partial charge on any atom is -0.380 e. The summed E-state index contributed by atoms with van der Waals surface area (Å²) in [7, 11) is 0. The molecule has 0 unspecified atom stereocenters. The van der Waals surface area contributed by atoms with Gasteiger partial charge in [0.15, 0.2) is 9.81 Å². The summed E-state index contributed by atoms with van der Waals surface area (Å²) >= 11 is 2.92. The second kappa shape index (κ2) is 8.10. The number of nitrogens with zero attached hydrogens (tertiary/aromatic N) is 3. The topological polar surface area (TPSA) is 56.5 Å².